The van der Waals surface area contributed by atoms with Gasteiger partial charge >= 0.3 is 0 Å². The second-order valence-corrected chi connectivity index (χ2v) is 5.70. The molecule has 0 aromatic carbocycles. The lowest BCUT2D eigenvalue weighted by Gasteiger charge is -2.20. The summed E-state index contributed by atoms with van der Waals surface area (Å²) in [7, 11) is 1.73. The molecule has 0 aliphatic rings. The molecule has 0 aliphatic carbocycles. The molecule has 0 bridgehead atoms. The van der Waals surface area contributed by atoms with Gasteiger partial charge in [0.1, 0.15) is 0 Å². The van der Waals surface area contributed by atoms with Crippen LogP contribution in [0.3, 0.4) is 0 Å². The fourth-order valence-electron chi connectivity index (χ4n) is 2.08. The molecule has 19 heavy (non-hydrogen) atoms. The first-order chi connectivity index (χ1) is 9.35. The van der Waals surface area contributed by atoms with E-state index < -0.39 is 0 Å². The predicted octanol–water partition coefficient (Wildman–Crippen LogP) is 3.97. The number of hydrogen-bond acceptors (Lipinski definition) is 3. The fraction of sp³-hybridized carbons (Fsp3) is 0.933. The van der Waals surface area contributed by atoms with Gasteiger partial charge in [0.05, 0.1) is 12.7 Å². The third kappa shape index (κ3) is 14.1. The van der Waals surface area contributed by atoms with E-state index in [1.54, 1.807) is 7.11 Å². The molecule has 0 N–H and O–H groups in total. The van der Waals surface area contributed by atoms with Gasteiger partial charge in [-0.3, -0.25) is 0 Å². The van der Waals surface area contributed by atoms with Crippen LogP contribution in [0, 0.1) is 11.3 Å². The van der Waals surface area contributed by atoms with E-state index in [2.05, 4.69) is 26.9 Å². The molecule has 0 aromatic rings. The van der Waals surface area contributed by atoms with Gasteiger partial charge in [-0.15, -0.1) is 0 Å². The Bertz CT molecular complexity index is 219. The Morgan fingerprint density at radius 2 is 1.58 bits per heavy atom. The number of nitrogens with zero attached hydrogens (tertiary/aromatic N) is 2. The second kappa shape index (κ2) is 15.9. The quantitative estimate of drug-likeness (QED) is 0.356. The van der Waals surface area contributed by atoms with E-state index in [1.165, 1.54) is 44.9 Å². The molecule has 0 rings (SSSR count). The molecule has 0 spiro atoms. The Balaban J connectivity index is 3.43. The van der Waals surface area contributed by atoms with Crippen molar-refractivity contribution in [3.8, 4) is 6.07 Å². The average molecular weight is 333 g/mol. The Labute approximate surface area is 127 Å². The van der Waals surface area contributed by atoms with Crippen LogP contribution in [0.25, 0.3) is 0 Å². The SMILES string of the molecule is COCCN(CCC#N)CCCCCCCCCBr. The highest BCUT2D eigenvalue weighted by Gasteiger charge is 2.03. The molecule has 0 heterocycles. The summed E-state index contributed by atoms with van der Waals surface area (Å²) in [6.07, 6.45) is 9.91. The van der Waals surface area contributed by atoms with E-state index in [-0.39, 0.29) is 0 Å². The van der Waals surface area contributed by atoms with Crippen molar-refractivity contribution >= 4 is 15.9 Å². The van der Waals surface area contributed by atoms with E-state index in [1.807, 2.05) is 0 Å². The molecule has 0 aromatic heterocycles. The standard InChI is InChI=1S/C15H29BrN2O/c1-19-15-14-18(13-9-11-17)12-8-6-4-2-3-5-7-10-16/h2-10,12-15H2,1H3. The van der Waals surface area contributed by atoms with Crippen molar-refractivity contribution in [3.63, 3.8) is 0 Å². The van der Waals surface area contributed by atoms with Gasteiger partial charge in [0.15, 0.2) is 0 Å². The highest BCUT2D eigenvalue weighted by Crippen LogP contribution is 2.08. The number of halogens is 1. The number of nitriles is 1. The van der Waals surface area contributed by atoms with Crippen LogP contribution in [0.15, 0.2) is 0 Å². The van der Waals surface area contributed by atoms with Gasteiger partial charge in [-0.1, -0.05) is 48.0 Å². The molecule has 0 fully saturated rings. The number of unbranched alkanes of at least 4 members (excludes halogenated alkanes) is 6. The summed E-state index contributed by atoms with van der Waals surface area (Å²) in [6.45, 7) is 3.69. The largest absolute Gasteiger partial charge is 0.383 e. The molecule has 0 saturated carbocycles. The second-order valence-electron chi connectivity index (χ2n) is 4.91. The van der Waals surface area contributed by atoms with Gasteiger partial charge in [-0.05, 0) is 19.4 Å². The molecule has 4 heteroatoms. The molecule has 3 nitrogen and oxygen atoms in total. The molecular formula is C15H29BrN2O. The zero-order chi connectivity index (χ0) is 14.2. The number of hydrogen-bond donors (Lipinski definition) is 0. The number of methoxy groups -OCH3 is 1. The molecule has 112 valence electrons. The summed E-state index contributed by atoms with van der Waals surface area (Å²) in [4.78, 5) is 2.34. The maximum atomic E-state index is 8.64. The summed E-state index contributed by atoms with van der Waals surface area (Å²) in [5.74, 6) is 0. The van der Waals surface area contributed by atoms with Gasteiger partial charge in [-0.25, -0.2) is 0 Å². The Hall–Kier alpha value is -0.110. The van der Waals surface area contributed by atoms with Crippen LogP contribution in [0.4, 0.5) is 0 Å². The number of rotatable bonds is 14. The van der Waals surface area contributed by atoms with E-state index in [9.17, 15) is 0 Å². The lowest BCUT2D eigenvalue weighted by molar-refractivity contribution is 0.147. The first-order valence-electron chi connectivity index (χ1n) is 7.49. The van der Waals surface area contributed by atoms with Crippen LogP contribution in [0.5, 0.6) is 0 Å². The normalized spacial score (nSPS) is 10.8. The average Bonchev–Trinajstić information content (AvgIpc) is 2.43. The maximum absolute atomic E-state index is 8.64. The zero-order valence-corrected chi connectivity index (χ0v) is 14.0. The summed E-state index contributed by atoms with van der Waals surface area (Å²) in [5.41, 5.74) is 0. The summed E-state index contributed by atoms with van der Waals surface area (Å²) in [5, 5.41) is 9.78. The van der Waals surface area contributed by atoms with E-state index in [4.69, 9.17) is 10.00 Å². The minimum absolute atomic E-state index is 0.621. The van der Waals surface area contributed by atoms with Gasteiger partial charge in [0, 0.05) is 32.0 Å². The molecule has 0 aliphatic heterocycles. The lowest BCUT2D eigenvalue weighted by atomic mass is 10.1. The van der Waals surface area contributed by atoms with E-state index >= 15 is 0 Å². The predicted molar refractivity (Wildman–Crippen MR) is 84.7 cm³/mol. The van der Waals surface area contributed by atoms with Gasteiger partial charge in [0.25, 0.3) is 0 Å². The Morgan fingerprint density at radius 1 is 0.947 bits per heavy atom. The molecule has 0 radical (unpaired) electrons. The van der Waals surface area contributed by atoms with Crippen LogP contribution in [0.1, 0.15) is 51.4 Å². The van der Waals surface area contributed by atoms with Crippen LogP contribution in [-0.2, 0) is 4.74 Å². The van der Waals surface area contributed by atoms with Crippen molar-refractivity contribution < 1.29 is 4.74 Å². The monoisotopic (exact) mass is 332 g/mol. The fourth-order valence-corrected chi connectivity index (χ4v) is 2.47. The molecular weight excluding hydrogens is 304 g/mol. The summed E-state index contributed by atoms with van der Waals surface area (Å²) >= 11 is 3.46. The first-order valence-corrected chi connectivity index (χ1v) is 8.61. The maximum Gasteiger partial charge on any atom is 0.0635 e. The topological polar surface area (TPSA) is 36.3 Å². The van der Waals surface area contributed by atoms with Crippen LogP contribution < -0.4 is 0 Å². The third-order valence-corrected chi connectivity index (χ3v) is 3.82. The van der Waals surface area contributed by atoms with Crippen LogP contribution in [0.2, 0.25) is 0 Å². The summed E-state index contributed by atoms with van der Waals surface area (Å²) < 4.78 is 5.11. The lowest BCUT2D eigenvalue weighted by Crippen LogP contribution is -2.29. The van der Waals surface area contributed by atoms with Crippen molar-refractivity contribution in [3.05, 3.63) is 0 Å². The molecule has 0 atom stereocenters. The molecule has 0 saturated heterocycles. The van der Waals surface area contributed by atoms with Crippen molar-refractivity contribution in [1.29, 1.82) is 5.26 Å². The van der Waals surface area contributed by atoms with Crippen molar-refractivity contribution in [2.75, 3.05) is 38.7 Å². The molecule has 0 amide bonds. The first kappa shape index (κ1) is 18.9. The van der Waals surface area contributed by atoms with Gasteiger partial charge in [-0.2, -0.15) is 5.26 Å². The smallest absolute Gasteiger partial charge is 0.0635 e. The van der Waals surface area contributed by atoms with Crippen molar-refractivity contribution in [2.24, 2.45) is 0 Å². The minimum Gasteiger partial charge on any atom is -0.383 e. The van der Waals surface area contributed by atoms with Crippen molar-refractivity contribution in [2.45, 2.75) is 51.4 Å². The van der Waals surface area contributed by atoms with Crippen LogP contribution in [-0.4, -0.2) is 43.6 Å². The Kier molecular flexibility index (Phi) is 15.9. The highest BCUT2D eigenvalue weighted by atomic mass is 79.9. The highest BCUT2D eigenvalue weighted by molar-refractivity contribution is 9.09. The molecule has 0 unspecified atom stereocenters. The minimum atomic E-state index is 0.621. The van der Waals surface area contributed by atoms with E-state index in [0.29, 0.717) is 6.42 Å². The zero-order valence-electron chi connectivity index (χ0n) is 12.4. The van der Waals surface area contributed by atoms with Gasteiger partial charge < -0.3 is 9.64 Å². The van der Waals surface area contributed by atoms with Crippen LogP contribution >= 0.6 is 15.9 Å². The van der Waals surface area contributed by atoms with E-state index in [0.717, 1.165) is 31.6 Å². The van der Waals surface area contributed by atoms with Gasteiger partial charge in [0.2, 0.25) is 0 Å². The number of alkyl halides is 1. The van der Waals surface area contributed by atoms with Crippen molar-refractivity contribution in [1.82, 2.24) is 4.90 Å². The summed E-state index contributed by atoms with van der Waals surface area (Å²) in [6, 6.07) is 2.22. The Morgan fingerprint density at radius 3 is 2.16 bits per heavy atom. The number of ether oxygens (including phenoxy) is 1. The third-order valence-electron chi connectivity index (χ3n) is 3.26.